The fourth-order valence-corrected chi connectivity index (χ4v) is 2.89. The Morgan fingerprint density at radius 3 is 2.95 bits per heavy atom. The monoisotopic (exact) mass is 345 g/mol. The van der Waals surface area contributed by atoms with E-state index in [1.165, 1.54) is 5.56 Å². The van der Waals surface area contributed by atoms with Crippen LogP contribution >= 0.6 is 15.9 Å². The van der Waals surface area contributed by atoms with Gasteiger partial charge in [0.2, 0.25) is 5.91 Å². The topological polar surface area (TPSA) is 45.2 Å². The summed E-state index contributed by atoms with van der Waals surface area (Å²) < 4.78 is 0.891. The van der Waals surface area contributed by atoms with E-state index in [0.29, 0.717) is 18.4 Å². The standard InChI is InChI=1S/C16H16BrN3O/c1-11-8-12-4-2-3-5-14(12)20(11)10-16(21)19-15-7-6-13(17)9-18-15/h2-7,9,11H,8,10H2,1H3,(H,18,19,21)/t11-/m0/s1. The normalized spacial score (nSPS) is 16.7. The second kappa shape index (κ2) is 5.85. The van der Waals surface area contributed by atoms with Gasteiger partial charge in [0.05, 0.1) is 6.54 Å². The van der Waals surface area contributed by atoms with Gasteiger partial charge < -0.3 is 10.2 Å². The summed E-state index contributed by atoms with van der Waals surface area (Å²) in [5.41, 5.74) is 2.46. The van der Waals surface area contributed by atoms with Crippen molar-refractivity contribution in [2.24, 2.45) is 0 Å². The molecule has 1 atom stereocenters. The fraction of sp³-hybridized carbons (Fsp3) is 0.250. The molecule has 5 heteroatoms. The van der Waals surface area contributed by atoms with Crippen molar-refractivity contribution in [3.63, 3.8) is 0 Å². The van der Waals surface area contributed by atoms with Crippen LogP contribution < -0.4 is 10.2 Å². The first-order chi connectivity index (χ1) is 10.1. The van der Waals surface area contributed by atoms with E-state index in [-0.39, 0.29) is 5.91 Å². The molecule has 0 aliphatic carbocycles. The molecule has 4 nitrogen and oxygen atoms in total. The molecule has 1 N–H and O–H groups in total. The Balaban J connectivity index is 1.69. The van der Waals surface area contributed by atoms with Gasteiger partial charge >= 0.3 is 0 Å². The maximum atomic E-state index is 12.2. The molecule has 0 fully saturated rings. The summed E-state index contributed by atoms with van der Waals surface area (Å²) in [6.45, 7) is 2.49. The van der Waals surface area contributed by atoms with Crippen LogP contribution in [0, 0.1) is 0 Å². The molecule has 21 heavy (non-hydrogen) atoms. The highest BCUT2D eigenvalue weighted by Crippen LogP contribution is 2.31. The first-order valence-electron chi connectivity index (χ1n) is 6.89. The highest BCUT2D eigenvalue weighted by molar-refractivity contribution is 9.10. The van der Waals surface area contributed by atoms with Gasteiger partial charge in [0.25, 0.3) is 0 Å². The first kappa shape index (κ1) is 14.1. The van der Waals surface area contributed by atoms with Gasteiger partial charge in [0.15, 0.2) is 0 Å². The number of halogens is 1. The summed E-state index contributed by atoms with van der Waals surface area (Å²) in [5, 5.41) is 2.83. The fourth-order valence-electron chi connectivity index (χ4n) is 2.66. The Kier molecular flexibility index (Phi) is 3.92. The Hall–Kier alpha value is -1.88. The number of nitrogens with zero attached hydrogens (tertiary/aromatic N) is 2. The number of hydrogen-bond acceptors (Lipinski definition) is 3. The largest absolute Gasteiger partial charge is 0.359 e. The van der Waals surface area contributed by atoms with Crippen LogP contribution in [0.4, 0.5) is 11.5 Å². The van der Waals surface area contributed by atoms with Crippen molar-refractivity contribution in [1.82, 2.24) is 4.98 Å². The molecular weight excluding hydrogens is 330 g/mol. The Bertz CT molecular complexity index is 657. The molecule has 1 aliphatic rings. The number of rotatable bonds is 3. The number of benzene rings is 1. The summed E-state index contributed by atoms with van der Waals surface area (Å²) in [6, 6.07) is 12.2. The predicted octanol–water partition coefficient (Wildman–Crippen LogP) is 3.23. The van der Waals surface area contributed by atoms with Gasteiger partial charge in [-0.15, -0.1) is 0 Å². The minimum Gasteiger partial charge on any atom is -0.359 e. The number of para-hydroxylation sites is 1. The lowest BCUT2D eigenvalue weighted by Crippen LogP contribution is -2.37. The third-order valence-electron chi connectivity index (χ3n) is 3.66. The second-order valence-electron chi connectivity index (χ2n) is 5.22. The lowest BCUT2D eigenvalue weighted by Gasteiger charge is -2.24. The van der Waals surface area contributed by atoms with Crippen LogP contribution in [0.2, 0.25) is 0 Å². The number of nitrogens with one attached hydrogen (secondary N) is 1. The van der Waals surface area contributed by atoms with Crippen molar-refractivity contribution in [2.45, 2.75) is 19.4 Å². The van der Waals surface area contributed by atoms with E-state index in [4.69, 9.17) is 0 Å². The zero-order valence-electron chi connectivity index (χ0n) is 11.7. The highest BCUT2D eigenvalue weighted by Gasteiger charge is 2.26. The van der Waals surface area contributed by atoms with Gasteiger partial charge in [-0.1, -0.05) is 18.2 Å². The quantitative estimate of drug-likeness (QED) is 0.928. The van der Waals surface area contributed by atoms with Gasteiger partial charge in [-0.3, -0.25) is 4.79 Å². The van der Waals surface area contributed by atoms with Crippen LogP contribution in [0.15, 0.2) is 47.1 Å². The van der Waals surface area contributed by atoms with E-state index in [1.54, 1.807) is 12.3 Å². The van der Waals surface area contributed by atoms with Crippen molar-refractivity contribution < 1.29 is 4.79 Å². The molecule has 0 bridgehead atoms. The second-order valence-corrected chi connectivity index (χ2v) is 6.14. The number of carbonyl (C=O) groups excluding carboxylic acids is 1. The number of anilines is 2. The molecule has 0 saturated heterocycles. The molecule has 108 valence electrons. The Morgan fingerprint density at radius 2 is 2.19 bits per heavy atom. The third-order valence-corrected chi connectivity index (χ3v) is 4.13. The molecule has 0 saturated carbocycles. The maximum Gasteiger partial charge on any atom is 0.245 e. The lowest BCUT2D eigenvalue weighted by molar-refractivity contribution is -0.115. The van der Waals surface area contributed by atoms with E-state index < -0.39 is 0 Å². The number of fused-ring (bicyclic) bond motifs is 1. The molecule has 2 heterocycles. The van der Waals surface area contributed by atoms with Crippen molar-refractivity contribution in [1.29, 1.82) is 0 Å². The molecule has 0 radical (unpaired) electrons. The molecule has 2 aromatic rings. The van der Waals surface area contributed by atoms with E-state index in [1.807, 2.05) is 18.2 Å². The van der Waals surface area contributed by atoms with Gasteiger partial charge in [-0.2, -0.15) is 0 Å². The summed E-state index contributed by atoms with van der Waals surface area (Å²) in [4.78, 5) is 18.5. The van der Waals surface area contributed by atoms with Crippen LogP contribution in [-0.4, -0.2) is 23.5 Å². The molecule has 1 aromatic carbocycles. The van der Waals surface area contributed by atoms with Gasteiger partial charge in [0, 0.05) is 22.4 Å². The van der Waals surface area contributed by atoms with Crippen LogP contribution in [-0.2, 0) is 11.2 Å². The van der Waals surface area contributed by atoms with Crippen molar-refractivity contribution >= 4 is 33.3 Å². The van der Waals surface area contributed by atoms with Crippen molar-refractivity contribution in [3.05, 3.63) is 52.6 Å². The zero-order chi connectivity index (χ0) is 14.8. The average Bonchev–Trinajstić information content (AvgIpc) is 2.78. The van der Waals surface area contributed by atoms with Crippen LogP contribution in [0.25, 0.3) is 0 Å². The first-order valence-corrected chi connectivity index (χ1v) is 7.69. The molecular formula is C16H16BrN3O. The smallest absolute Gasteiger partial charge is 0.245 e. The lowest BCUT2D eigenvalue weighted by atomic mass is 10.1. The molecule has 3 rings (SSSR count). The molecule has 1 aromatic heterocycles. The van der Waals surface area contributed by atoms with E-state index in [0.717, 1.165) is 16.6 Å². The molecule has 0 spiro atoms. The molecule has 0 unspecified atom stereocenters. The number of carbonyl (C=O) groups is 1. The number of amides is 1. The summed E-state index contributed by atoms with van der Waals surface area (Å²) in [6.07, 6.45) is 2.66. The summed E-state index contributed by atoms with van der Waals surface area (Å²) in [7, 11) is 0. The van der Waals surface area contributed by atoms with Gasteiger partial charge in [0.1, 0.15) is 5.82 Å². The minimum absolute atomic E-state index is 0.0478. The van der Waals surface area contributed by atoms with E-state index in [2.05, 4.69) is 50.2 Å². The number of aromatic nitrogens is 1. The molecule has 1 amide bonds. The van der Waals surface area contributed by atoms with Gasteiger partial charge in [-0.05, 0) is 53.0 Å². The summed E-state index contributed by atoms with van der Waals surface area (Å²) >= 11 is 3.33. The third kappa shape index (κ3) is 3.08. The van der Waals surface area contributed by atoms with Gasteiger partial charge in [-0.25, -0.2) is 4.98 Å². The van der Waals surface area contributed by atoms with Crippen LogP contribution in [0.1, 0.15) is 12.5 Å². The van der Waals surface area contributed by atoms with E-state index >= 15 is 0 Å². The minimum atomic E-state index is -0.0478. The Morgan fingerprint density at radius 1 is 1.38 bits per heavy atom. The zero-order valence-corrected chi connectivity index (χ0v) is 13.3. The maximum absolute atomic E-state index is 12.2. The van der Waals surface area contributed by atoms with Crippen LogP contribution in [0.3, 0.4) is 0 Å². The Labute approximate surface area is 132 Å². The number of hydrogen-bond donors (Lipinski definition) is 1. The van der Waals surface area contributed by atoms with Crippen molar-refractivity contribution in [2.75, 3.05) is 16.8 Å². The van der Waals surface area contributed by atoms with E-state index in [9.17, 15) is 4.79 Å². The highest BCUT2D eigenvalue weighted by atomic mass is 79.9. The number of pyridine rings is 1. The SMILES string of the molecule is C[C@H]1Cc2ccccc2N1CC(=O)Nc1ccc(Br)cn1. The molecule has 1 aliphatic heterocycles. The average molecular weight is 346 g/mol. The summed E-state index contributed by atoms with van der Waals surface area (Å²) in [5.74, 6) is 0.525. The van der Waals surface area contributed by atoms with Crippen LogP contribution in [0.5, 0.6) is 0 Å². The predicted molar refractivity (Wildman–Crippen MR) is 87.5 cm³/mol. The van der Waals surface area contributed by atoms with Crippen molar-refractivity contribution in [3.8, 4) is 0 Å².